The number of nitrogens with zero attached hydrogens (tertiary/aromatic N) is 2. The summed E-state index contributed by atoms with van der Waals surface area (Å²) in [4.78, 5) is 0.204. The number of benzene rings is 1. The first kappa shape index (κ1) is 13.2. The van der Waals surface area contributed by atoms with E-state index in [4.69, 9.17) is 5.26 Å². The average Bonchev–Trinajstić information content (AvgIpc) is 2.29. The zero-order chi connectivity index (χ0) is 12.2. The van der Waals surface area contributed by atoms with Crippen molar-refractivity contribution in [2.24, 2.45) is 0 Å². The molecule has 0 radical (unpaired) electrons. The van der Waals surface area contributed by atoms with Crippen molar-refractivity contribution in [1.29, 1.82) is 5.26 Å². The summed E-state index contributed by atoms with van der Waals surface area (Å²) in [6.07, 6.45) is 0. The van der Waals surface area contributed by atoms with Gasteiger partial charge in [-0.15, -0.1) is 0 Å². The van der Waals surface area contributed by atoms with E-state index in [1.807, 2.05) is 6.07 Å². The molecule has 16 heavy (non-hydrogen) atoms. The Labute approximate surface area is 104 Å². The maximum absolute atomic E-state index is 11.9. The molecule has 1 aromatic rings. The van der Waals surface area contributed by atoms with Gasteiger partial charge >= 0.3 is 0 Å². The maximum Gasteiger partial charge on any atom is 0.242 e. The van der Waals surface area contributed by atoms with E-state index in [-0.39, 0.29) is 4.90 Å². The third-order valence-electron chi connectivity index (χ3n) is 2.09. The van der Waals surface area contributed by atoms with Gasteiger partial charge in [0.15, 0.2) is 0 Å². The molecule has 1 aromatic carbocycles. The van der Waals surface area contributed by atoms with Crippen molar-refractivity contribution in [2.75, 3.05) is 18.9 Å². The van der Waals surface area contributed by atoms with Gasteiger partial charge < -0.3 is 0 Å². The lowest BCUT2D eigenvalue weighted by Gasteiger charge is -2.15. The highest BCUT2D eigenvalue weighted by atomic mass is 79.9. The molecule has 86 valence electrons. The topological polar surface area (TPSA) is 61.2 Å². The number of alkyl halides is 1. The van der Waals surface area contributed by atoms with E-state index in [1.165, 1.54) is 35.6 Å². The van der Waals surface area contributed by atoms with Crippen LogP contribution in [0.4, 0.5) is 0 Å². The highest BCUT2D eigenvalue weighted by Gasteiger charge is 2.19. The van der Waals surface area contributed by atoms with Gasteiger partial charge in [0.2, 0.25) is 10.0 Å². The molecule has 0 saturated carbocycles. The first-order valence-electron chi connectivity index (χ1n) is 4.55. The second-order valence-electron chi connectivity index (χ2n) is 3.15. The summed E-state index contributed by atoms with van der Waals surface area (Å²) in [6, 6.07) is 7.82. The van der Waals surface area contributed by atoms with Gasteiger partial charge in [0, 0.05) is 18.9 Å². The van der Waals surface area contributed by atoms with Crippen LogP contribution in [0.25, 0.3) is 0 Å². The summed E-state index contributed by atoms with van der Waals surface area (Å²) in [5.41, 5.74) is 0.446. The SMILES string of the molecule is CN(CCBr)S(=O)(=O)c1ccc(C#N)cc1. The van der Waals surface area contributed by atoms with Crippen molar-refractivity contribution in [1.82, 2.24) is 4.31 Å². The molecule has 0 aliphatic heterocycles. The van der Waals surface area contributed by atoms with Crippen LogP contribution < -0.4 is 0 Å². The number of hydrogen-bond acceptors (Lipinski definition) is 3. The molecule has 0 aliphatic carbocycles. The van der Waals surface area contributed by atoms with Crippen LogP contribution in [0.3, 0.4) is 0 Å². The molecule has 0 saturated heterocycles. The van der Waals surface area contributed by atoms with Crippen molar-refractivity contribution in [3.05, 3.63) is 29.8 Å². The Hall–Kier alpha value is -0.900. The highest BCUT2D eigenvalue weighted by Crippen LogP contribution is 2.14. The second kappa shape index (κ2) is 5.43. The molecule has 0 fully saturated rings. The van der Waals surface area contributed by atoms with Crippen molar-refractivity contribution >= 4 is 26.0 Å². The molecule has 0 atom stereocenters. The van der Waals surface area contributed by atoms with E-state index < -0.39 is 10.0 Å². The summed E-state index contributed by atoms with van der Waals surface area (Å²) in [5.74, 6) is 0. The summed E-state index contributed by atoms with van der Waals surface area (Å²) < 4.78 is 25.2. The third kappa shape index (κ3) is 2.82. The highest BCUT2D eigenvalue weighted by molar-refractivity contribution is 9.09. The van der Waals surface area contributed by atoms with Crippen molar-refractivity contribution in [2.45, 2.75) is 4.90 Å². The molecule has 0 spiro atoms. The smallest absolute Gasteiger partial charge is 0.207 e. The first-order valence-corrected chi connectivity index (χ1v) is 7.11. The van der Waals surface area contributed by atoms with Crippen LogP contribution in [-0.2, 0) is 10.0 Å². The van der Waals surface area contributed by atoms with Crippen LogP contribution in [0.2, 0.25) is 0 Å². The lowest BCUT2D eigenvalue weighted by Crippen LogP contribution is -2.28. The van der Waals surface area contributed by atoms with E-state index in [9.17, 15) is 8.42 Å². The van der Waals surface area contributed by atoms with Crippen molar-refractivity contribution in [3.8, 4) is 6.07 Å². The van der Waals surface area contributed by atoms with Gasteiger partial charge in [-0.25, -0.2) is 12.7 Å². The maximum atomic E-state index is 11.9. The normalized spacial score (nSPS) is 11.4. The molecule has 0 aliphatic rings. The van der Waals surface area contributed by atoms with Crippen LogP contribution in [0.1, 0.15) is 5.56 Å². The molecule has 1 rings (SSSR count). The molecule has 0 heterocycles. The molecular weight excluding hydrogens is 292 g/mol. The minimum absolute atomic E-state index is 0.204. The van der Waals surface area contributed by atoms with Gasteiger partial charge in [-0.1, -0.05) is 15.9 Å². The Balaban J connectivity index is 3.04. The van der Waals surface area contributed by atoms with Crippen molar-refractivity contribution in [3.63, 3.8) is 0 Å². The summed E-state index contributed by atoms with van der Waals surface area (Å²) in [6.45, 7) is 0.405. The Morgan fingerprint density at radius 3 is 2.38 bits per heavy atom. The van der Waals surface area contributed by atoms with Gasteiger partial charge in [0.25, 0.3) is 0 Å². The zero-order valence-electron chi connectivity index (χ0n) is 8.72. The van der Waals surface area contributed by atoms with Gasteiger partial charge in [-0.05, 0) is 24.3 Å². The predicted molar refractivity (Wildman–Crippen MR) is 64.8 cm³/mol. The lowest BCUT2D eigenvalue weighted by atomic mass is 10.2. The standard InChI is InChI=1S/C10H11BrN2O2S/c1-13(7-6-11)16(14,15)10-4-2-9(8-12)3-5-10/h2-5H,6-7H2,1H3. The van der Waals surface area contributed by atoms with E-state index >= 15 is 0 Å². The largest absolute Gasteiger partial charge is 0.242 e. The van der Waals surface area contributed by atoms with Crippen LogP contribution in [-0.4, -0.2) is 31.6 Å². The molecule has 0 N–H and O–H groups in total. The monoisotopic (exact) mass is 302 g/mol. The van der Waals surface area contributed by atoms with E-state index in [0.29, 0.717) is 17.4 Å². The van der Waals surface area contributed by atoms with Crippen LogP contribution in [0.5, 0.6) is 0 Å². The molecule has 0 bridgehead atoms. The lowest BCUT2D eigenvalue weighted by molar-refractivity contribution is 0.489. The fourth-order valence-electron chi connectivity index (χ4n) is 1.12. The Kier molecular flexibility index (Phi) is 4.47. The van der Waals surface area contributed by atoms with Gasteiger partial charge in [0.1, 0.15) is 0 Å². The number of hydrogen-bond donors (Lipinski definition) is 0. The Morgan fingerprint density at radius 2 is 1.94 bits per heavy atom. The summed E-state index contributed by atoms with van der Waals surface area (Å²) in [5, 5.41) is 9.19. The first-order chi connectivity index (χ1) is 7.52. The minimum atomic E-state index is -3.43. The van der Waals surface area contributed by atoms with E-state index in [1.54, 1.807) is 0 Å². The third-order valence-corrected chi connectivity index (χ3v) is 4.32. The molecule has 0 unspecified atom stereocenters. The number of rotatable bonds is 4. The van der Waals surface area contributed by atoms with Gasteiger partial charge in [-0.3, -0.25) is 0 Å². The molecule has 4 nitrogen and oxygen atoms in total. The molecular formula is C10H11BrN2O2S. The number of sulfonamides is 1. The van der Waals surface area contributed by atoms with E-state index in [0.717, 1.165) is 0 Å². The second-order valence-corrected chi connectivity index (χ2v) is 5.99. The quantitative estimate of drug-likeness (QED) is 0.793. The molecule has 0 aromatic heterocycles. The summed E-state index contributed by atoms with van der Waals surface area (Å²) in [7, 11) is -1.91. The van der Waals surface area contributed by atoms with Gasteiger partial charge in [0.05, 0.1) is 16.5 Å². The van der Waals surface area contributed by atoms with Crippen LogP contribution >= 0.6 is 15.9 Å². The zero-order valence-corrected chi connectivity index (χ0v) is 11.1. The minimum Gasteiger partial charge on any atom is -0.207 e. The molecule has 0 amide bonds. The Morgan fingerprint density at radius 1 is 1.38 bits per heavy atom. The fourth-order valence-corrected chi connectivity index (χ4v) is 3.06. The van der Waals surface area contributed by atoms with Gasteiger partial charge in [-0.2, -0.15) is 5.26 Å². The average molecular weight is 303 g/mol. The van der Waals surface area contributed by atoms with Crippen LogP contribution in [0, 0.1) is 11.3 Å². The fraction of sp³-hybridized carbons (Fsp3) is 0.300. The van der Waals surface area contributed by atoms with Crippen molar-refractivity contribution < 1.29 is 8.42 Å². The molecule has 6 heteroatoms. The van der Waals surface area contributed by atoms with E-state index in [2.05, 4.69) is 15.9 Å². The number of halogens is 1. The predicted octanol–water partition coefficient (Wildman–Crippen LogP) is 1.57. The Bertz CT molecular complexity index is 491. The van der Waals surface area contributed by atoms with Crippen LogP contribution in [0.15, 0.2) is 29.2 Å². The number of nitriles is 1. The summed E-state index contributed by atoms with van der Waals surface area (Å²) >= 11 is 3.19.